The van der Waals surface area contributed by atoms with Crippen LogP contribution in [0.1, 0.15) is 47.5 Å². The standard InChI is InChI=1S/C22H24ClN3O3/c1-14(2)21-18(12-25-26(21)16-10-8-15(23)9-11-16)22(28)24-13-19(27)17-6-4-5-7-20(17)29-3/h4-12,14,19,27H,13H2,1-3H3,(H,24,28). The summed E-state index contributed by atoms with van der Waals surface area (Å²) in [6.07, 6.45) is 0.665. The van der Waals surface area contributed by atoms with Crippen molar-refractivity contribution in [3.63, 3.8) is 0 Å². The highest BCUT2D eigenvalue weighted by Gasteiger charge is 2.22. The Morgan fingerprint density at radius 1 is 1.21 bits per heavy atom. The van der Waals surface area contributed by atoms with Crippen LogP contribution in [-0.2, 0) is 0 Å². The molecule has 1 aromatic heterocycles. The Labute approximate surface area is 175 Å². The molecule has 2 aromatic carbocycles. The zero-order valence-electron chi connectivity index (χ0n) is 16.6. The van der Waals surface area contributed by atoms with Gasteiger partial charge < -0.3 is 15.2 Å². The Morgan fingerprint density at radius 2 is 1.90 bits per heavy atom. The smallest absolute Gasteiger partial charge is 0.254 e. The number of hydrogen-bond acceptors (Lipinski definition) is 4. The molecule has 29 heavy (non-hydrogen) atoms. The SMILES string of the molecule is COc1ccccc1C(O)CNC(=O)c1cnn(-c2ccc(Cl)cc2)c1C(C)C. The molecule has 1 atom stereocenters. The van der Waals surface area contributed by atoms with Gasteiger partial charge in [0.15, 0.2) is 0 Å². The summed E-state index contributed by atoms with van der Waals surface area (Å²) in [5.74, 6) is 0.351. The number of nitrogens with one attached hydrogen (secondary N) is 1. The quantitative estimate of drug-likeness (QED) is 0.610. The van der Waals surface area contributed by atoms with E-state index in [9.17, 15) is 9.90 Å². The van der Waals surface area contributed by atoms with Crippen molar-refractivity contribution in [1.29, 1.82) is 0 Å². The van der Waals surface area contributed by atoms with E-state index in [-0.39, 0.29) is 18.4 Å². The van der Waals surface area contributed by atoms with E-state index < -0.39 is 6.10 Å². The highest BCUT2D eigenvalue weighted by atomic mass is 35.5. The minimum absolute atomic E-state index is 0.0584. The number of hydrogen-bond donors (Lipinski definition) is 2. The van der Waals surface area contributed by atoms with Crippen molar-refractivity contribution in [3.8, 4) is 11.4 Å². The summed E-state index contributed by atoms with van der Waals surface area (Å²) >= 11 is 5.97. The lowest BCUT2D eigenvalue weighted by molar-refractivity contribution is 0.0913. The van der Waals surface area contributed by atoms with Gasteiger partial charge in [0.25, 0.3) is 5.91 Å². The molecule has 0 spiro atoms. The number of methoxy groups -OCH3 is 1. The number of benzene rings is 2. The third-order valence-electron chi connectivity index (χ3n) is 4.62. The van der Waals surface area contributed by atoms with E-state index in [2.05, 4.69) is 10.4 Å². The molecule has 1 amide bonds. The number of aliphatic hydroxyl groups is 1. The molecule has 0 saturated heterocycles. The lowest BCUT2D eigenvalue weighted by Crippen LogP contribution is -2.29. The van der Waals surface area contributed by atoms with Crippen molar-refractivity contribution in [1.82, 2.24) is 15.1 Å². The van der Waals surface area contributed by atoms with E-state index in [0.29, 0.717) is 21.9 Å². The fraction of sp³-hybridized carbons (Fsp3) is 0.273. The summed E-state index contributed by atoms with van der Waals surface area (Å²) in [6.45, 7) is 4.07. The molecule has 0 radical (unpaired) electrons. The number of ether oxygens (including phenoxy) is 1. The first-order valence-electron chi connectivity index (χ1n) is 9.35. The predicted molar refractivity (Wildman–Crippen MR) is 113 cm³/mol. The van der Waals surface area contributed by atoms with E-state index in [0.717, 1.165) is 11.4 Å². The van der Waals surface area contributed by atoms with Crippen LogP contribution in [0, 0.1) is 0 Å². The number of carbonyl (C=O) groups is 1. The highest BCUT2D eigenvalue weighted by molar-refractivity contribution is 6.30. The topological polar surface area (TPSA) is 76.4 Å². The van der Waals surface area contributed by atoms with Crippen molar-refractivity contribution in [2.45, 2.75) is 25.9 Å². The summed E-state index contributed by atoms with van der Waals surface area (Å²) in [5, 5.41) is 18.3. The van der Waals surface area contributed by atoms with Gasteiger partial charge in [0.05, 0.1) is 36.4 Å². The lowest BCUT2D eigenvalue weighted by Gasteiger charge is -2.16. The number of carbonyl (C=O) groups excluding carboxylic acids is 1. The molecular formula is C22H24ClN3O3. The first-order chi connectivity index (χ1) is 13.9. The number of para-hydroxylation sites is 1. The van der Waals surface area contributed by atoms with Crippen LogP contribution < -0.4 is 10.1 Å². The minimum atomic E-state index is -0.885. The highest BCUT2D eigenvalue weighted by Crippen LogP contribution is 2.26. The van der Waals surface area contributed by atoms with Crippen LogP contribution >= 0.6 is 11.6 Å². The zero-order valence-corrected chi connectivity index (χ0v) is 17.3. The van der Waals surface area contributed by atoms with Crippen molar-refractivity contribution >= 4 is 17.5 Å². The summed E-state index contributed by atoms with van der Waals surface area (Å²) in [6, 6.07) is 14.5. The molecule has 3 aromatic rings. The van der Waals surface area contributed by atoms with Crippen LogP contribution in [0.25, 0.3) is 5.69 Å². The summed E-state index contributed by atoms with van der Waals surface area (Å²) < 4.78 is 7.02. The number of aliphatic hydroxyl groups excluding tert-OH is 1. The van der Waals surface area contributed by atoms with Gasteiger partial charge in [-0.25, -0.2) is 4.68 Å². The van der Waals surface area contributed by atoms with E-state index in [1.165, 1.54) is 0 Å². The Bertz CT molecular complexity index is 983. The fourth-order valence-electron chi connectivity index (χ4n) is 3.21. The summed E-state index contributed by atoms with van der Waals surface area (Å²) in [5.41, 5.74) is 2.71. The number of amides is 1. The van der Waals surface area contributed by atoms with Crippen LogP contribution in [0.5, 0.6) is 5.75 Å². The van der Waals surface area contributed by atoms with Crippen LogP contribution in [0.4, 0.5) is 0 Å². The first-order valence-corrected chi connectivity index (χ1v) is 9.73. The Morgan fingerprint density at radius 3 is 2.55 bits per heavy atom. The van der Waals surface area contributed by atoms with Crippen LogP contribution in [0.3, 0.4) is 0 Å². The second-order valence-corrected chi connectivity index (χ2v) is 7.39. The fourth-order valence-corrected chi connectivity index (χ4v) is 3.34. The van der Waals surface area contributed by atoms with Gasteiger partial charge in [0.1, 0.15) is 5.75 Å². The Balaban J connectivity index is 1.80. The number of aromatic nitrogens is 2. The zero-order chi connectivity index (χ0) is 21.0. The number of halogens is 1. The molecular weight excluding hydrogens is 390 g/mol. The Hall–Kier alpha value is -2.83. The van der Waals surface area contributed by atoms with Crippen molar-refractivity contribution in [2.24, 2.45) is 0 Å². The van der Waals surface area contributed by atoms with Crippen LogP contribution in [0.2, 0.25) is 5.02 Å². The van der Waals surface area contributed by atoms with Crippen molar-refractivity contribution < 1.29 is 14.6 Å². The monoisotopic (exact) mass is 413 g/mol. The maximum atomic E-state index is 12.8. The molecule has 0 saturated carbocycles. The van der Waals surface area contributed by atoms with E-state index >= 15 is 0 Å². The van der Waals surface area contributed by atoms with E-state index in [1.807, 2.05) is 38.1 Å². The third-order valence-corrected chi connectivity index (χ3v) is 4.88. The number of rotatable bonds is 7. The summed E-state index contributed by atoms with van der Waals surface area (Å²) in [4.78, 5) is 12.8. The molecule has 0 bridgehead atoms. The van der Waals surface area contributed by atoms with E-state index in [1.54, 1.807) is 42.3 Å². The van der Waals surface area contributed by atoms with E-state index in [4.69, 9.17) is 16.3 Å². The first kappa shape index (κ1) is 20.9. The van der Waals surface area contributed by atoms with Crippen molar-refractivity contribution in [2.75, 3.05) is 13.7 Å². The molecule has 0 aliphatic carbocycles. The second kappa shape index (κ2) is 9.11. The molecule has 7 heteroatoms. The molecule has 6 nitrogen and oxygen atoms in total. The van der Waals surface area contributed by atoms with Gasteiger partial charge in [0, 0.05) is 17.1 Å². The van der Waals surface area contributed by atoms with Crippen LogP contribution in [-0.4, -0.2) is 34.4 Å². The average Bonchev–Trinajstić information content (AvgIpc) is 3.17. The molecule has 152 valence electrons. The predicted octanol–water partition coefficient (Wildman–Crippen LogP) is 4.12. The van der Waals surface area contributed by atoms with Gasteiger partial charge in [-0.1, -0.05) is 43.6 Å². The third kappa shape index (κ3) is 4.60. The van der Waals surface area contributed by atoms with Gasteiger partial charge in [0.2, 0.25) is 0 Å². The molecule has 1 unspecified atom stereocenters. The molecule has 3 rings (SSSR count). The molecule has 0 aliphatic heterocycles. The summed E-state index contributed by atoms with van der Waals surface area (Å²) in [7, 11) is 1.55. The Kier molecular flexibility index (Phi) is 6.56. The molecule has 1 heterocycles. The van der Waals surface area contributed by atoms with Crippen LogP contribution in [0.15, 0.2) is 54.7 Å². The lowest BCUT2D eigenvalue weighted by atomic mass is 10.0. The maximum Gasteiger partial charge on any atom is 0.254 e. The molecule has 2 N–H and O–H groups in total. The van der Waals surface area contributed by atoms with Gasteiger partial charge in [-0.05, 0) is 36.2 Å². The minimum Gasteiger partial charge on any atom is -0.496 e. The number of nitrogens with zero attached hydrogens (tertiary/aromatic N) is 2. The average molecular weight is 414 g/mol. The van der Waals surface area contributed by atoms with Gasteiger partial charge in [-0.15, -0.1) is 0 Å². The molecule has 0 aliphatic rings. The normalized spacial score (nSPS) is 12.1. The second-order valence-electron chi connectivity index (χ2n) is 6.95. The molecule has 0 fully saturated rings. The largest absolute Gasteiger partial charge is 0.496 e. The van der Waals surface area contributed by atoms with Gasteiger partial charge >= 0.3 is 0 Å². The van der Waals surface area contributed by atoms with Gasteiger partial charge in [-0.3, -0.25) is 4.79 Å². The van der Waals surface area contributed by atoms with Gasteiger partial charge in [-0.2, -0.15) is 5.10 Å². The maximum absolute atomic E-state index is 12.8. The van der Waals surface area contributed by atoms with Crippen molar-refractivity contribution in [3.05, 3.63) is 76.6 Å².